The molecule has 0 aliphatic heterocycles. The molecule has 0 aliphatic rings. The van der Waals surface area contributed by atoms with Crippen LogP contribution in [-0.4, -0.2) is 25.1 Å². The van der Waals surface area contributed by atoms with Gasteiger partial charge in [-0.15, -0.1) is 24.0 Å². The number of benzene rings is 2. The standard InChI is InChI=1S/C22H30N4O3.HI/c1-4-8-21(27)25-17-10-7-9-16(13-17)15-24-22(23)26-19-14-18(28-5-2)11-12-20(19)29-6-3;/h7,9-14H,4-6,8,15H2,1-3H3,(H,25,27)(H3,23,24,26);1H. The van der Waals surface area contributed by atoms with Crippen LogP contribution in [0.1, 0.15) is 39.2 Å². The Morgan fingerprint density at radius 2 is 1.80 bits per heavy atom. The van der Waals surface area contributed by atoms with Crippen LogP contribution in [-0.2, 0) is 11.3 Å². The van der Waals surface area contributed by atoms with Crippen molar-refractivity contribution in [2.45, 2.75) is 40.2 Å². The monoisotopic (exact) mass is 526 g/mol. The van der Waals surface area contributed by atoms with E-state index in [1.54, 1.807) is 0 Å². The van der Waals surface area contributed by atoms with Gasteiger partial charge in [-0.05, 0) is 50.1 Å². The molecule has 0 aliphatic carbocycles. The van der Waals surface area contributed by atoms with Gasteiger partial charge in [-0.25, -0.2) is 4.99 Å². The van der Waals surface area contributed by atoms with E-state index in [0.717, 1.165) is 23.4 Å². The van der Waals surface area contributed by atoms with Crippen molar-refractivity contribution in [2.75, 3.05) is 23.8 Å². The third-order valence-electron chi connectivity index (χ3n) is 3.94. The topological polar surface area (TPSA) is 98.0 Å². The Hall–Kier alpha value is -2.49. The second kappa shape index (κ2) is 13.7. The van der Waals surface area contributed by atoms with Crippen LogP contribution in [0.15, 0.2) is 47.5 Å². The van der Waals surface area contributed by atoms with E-state index < -0.39 is 0 Å². The zero-order valence-corrected chi connectivity index (χ0v) is 20.1. The Bertz CT molecular complexity index is 843. The minimum atomic E-state index is 0. The number of aliphatic imine (C=N–C) groups is 1. The maximum atomic E-state index is 11.8. The lowest BCUT2D eigenvalue weighted by molar-refractivity contribution is -0.116. The average Bonchev–Trinajstić information content (AvgIpc) is 2.69. The van der Waals surface area contributed by atoms with Crippen LogP contribution in [0.4, 0.5) is 11.4 Å². The van der Waals surface area contributed by atoms with Crippen molar-refractivity contribution in [1.29, 1.82) is 0 Å². The molecule has 0 unspecified atom stereocenters. The predicted molar refractivity (Wildman–Crippen MR) is 133 cm³/mol. The van der Waals surface area contributed by atoms with Crippen molar-refractivity contribution in [3.63, 3.8) is 0 Å². The summed E-state index contributed by atoms with van der Waals surface area (Å²) in [5.41, 5.74) is 8.46. The molecule has 30 heavy (non-hydrogen) atoms. The molecule has 0 aromatic heterocycles. The Balaban J connectivity index is 0.00000450. The SMILES string of the molecule is CCCC(=O)Nc1cccc(CN=C(N)Nc2cc(OCC)ccc2OCC)c1.I. The molecule has 7 nitrogen and oxygen atoms in total. The molecule has 0 radical (unpaired) electrons. The number of nitrogens with two attached hydrogens (primary N) is 1. The first-order chi connectivity index (χ1) is 14.0. The first-order valence-electron chi connectivity index (χ1n) is 9.91. The first kappa shape index (κ1) is 25.5. The van der Waals surface area contributed by atoms with E-state index in [1.165, 1.54) is 0 Å². The van der Waals surface area contributed by atoms with Crippen LogP contribution in [0.25, 0.3) is 0 Å². The van der Waals surface area contributed by atoms with Crippen LogP contribution >= 0.6 is 24.0 Å². The highest BCUT2D eigenvalue weighted by molar-refractivity contribution is 14.0. The fraction of sp³-hybridized carbons (Fsp3) is 0.364. The quantitative estimate of drug-likeness (QED) is 0.236. The van der Waals surface area contributed by atoms with Crippen molar-refractivity contribution in [2.24, 2.45) is 10.7 Å². The number of hydrogen-bond acceptors (Lipinski definition) is 4. The van der Waals surface area contributed by atoms with Crippen molar-refractivity contribution in [3.8, 4) is 11.5 Å². The molecule has 0 saturated heterocycles. The van der Waals surface area contributed by atoms with Gasteiger partial charge in [0, 0.05) is 18.2 Å². The molecule has 0 spiro atoms. The number of hydrogen-bond donors (Lipinski definition) is 3. The largest absolute Gasteiger partial charge is 0.494 e. The Morgan fingerprint density at radius 3 is 2.50 bits per heavy atom. The summed E-state index contributed by atoms with van der Waals surface area (Å²) in [5, 5.41) is 5.97. The molecule has 0 fully saturated rings. The Labute approximate surface area is 195 Å². The lowest BCUT2D eigenvalue weighted by Gasteiger charge is -2.14. The zero-order chi connectivity index (χ0) is 21.1. The predicted octanol–water partition coefficient (Wildman–Crippen LogP) is 4.77. The van der Waals surface area contributed by atoms with E-state index in [2.05, 4.69) is 15.6 Å². The number of guanidine groups is 1. The molecular weight excluding hydrogens is 495 g/mol. The average molecular weight is 526 g/mol. The summed E-state index contributed by atoms with van der Waals surface area (Å²) in [4.78, 5) is 16.2. The molecule has 4 N–H and O–H groups in total. The van der Waals surface area contributed by atoms with E-state index in [9.17, 15) is 4.79 Å². The van der Waals surface area contributed by atoms with E-state index in [1.807, 2.05) is 63.2 Å². The molecule has 2 rings (SSSR count). The van der Waals surface area contributed by atoms with Gasteiger partial charge in [0.1, 0.15) is 11.5 Å². The Morgan fingerprint density at radius 1 is 1.03 bits per heavy atom. The molecular formula is C22H31IN4O3. The number of nitrogens with one attached hydrogen (secondary N) is 2. The zero-order valence-electron chi connectivity index (χ0n) is 17.7. The van der Waals surface area contributed by atoms with Gasteiger partial charge in [0.05, 0.1) is 25.4 Å². The van der Waals surface area contributed by atoms with Gasteiger partial charge < -0.3 is 25.8 Å². The number of nitrogens with zero attached hydrogens (tertiary/aromatic N) is 1. The third kappa shape index (κ3) is 8.48. The fourth-order valence-electron chi connectivity index (χ4n) is 2.70. The van der Waals surface area contributed by atoms with Gasteiger partial charge in [-0.2, -0.15) is 0 Å². The van der Waals surface area contributed by atoms with Gasteiger partial charge >= 0.3 is 0 Å². The highest BCUT2D eigenvalue weighted by Gasteiger charge is 2.07. The highest BCUT2D eigenvalue weighted by Crippen LogP contribution is 2.29. The smallest absolute Gasteiger partial charge is 0.224 e. The van der Waals surface area contributed by atoms with E-state index >= 15 is 0 Å². The van der Waals surface area contributed by atoms with E-state index in [-0.39, 0.29) is 35.8 Å². The summed E-state index contributed by atoms with van der Waals surface area (Å²) in [6, 6.07) is 13.1. The van der Waals surface area contributed by atoms with Crippen LogP contribution in [0, 0.1) is 0 Å². The van der Waals surface area contributed by atoms with Gasteiger partial charge in [0.2, 0.25) is 5.91 Å². The minimum absolute atomic E-state index is 0. The normalized spacial score (nSPS) is 10.7. The van der Waals surface area contributed by atoms with Crippen molar-refractivity contribution in [1.82, 2.24) is 0 Å². The summed E-state index contributed by atoms with van der Waals surface area (Å²) in [7, 11) is 0. The molecule has 164 valence electrons. The number of ether oxygens (including phenoxy) is 2. The highest BCUT2D eigenvalue weighted by atomic mass is 127. The second-order valence-electron chi connectivity index (χ2n) is 6.35. The maximum absolute atomic E-state index is 11.8. The number of carbonyl (C=O) groups is 1. The van der Waals surface area contributed by atoms with Crippen LogP contribution in [0.2, 0.25) is 0 Å². The number of amides is 1. The molecule has 0 atom stereocenters. The van der Waals surface area contributed by atoms with Crippen LogP contribution < -0.4 is 25.8 Å². The second-order valence-corrected chi connectivity index (χ2v) is 6.35. The molecule has 0 saturated carbocycles. The van der Waals surface area contributed by atoms with Crippen LogP contribution in [0.5, 0.6) is 11.5 Å². The molecule has 2 aromatic rings. The van der Waals surface area contributed by atoms with Gasteiger partial charge in [-0.1, -0.05) is 19.1 Å². The maximum Gasteiger partial charge on any atom is 0.224 e. The van der Waals surface area contributed by atoms with Gasteiger partial charge in [0.15, 0.2) is 5.96 Å². The summed E-state index contributed by atoms with van der Waals surface area (Å²) in [5.74, 6) is 1.67. The van der Waals surface area contributed by atoms with E-state index in [0.29, 0.717) is 37.6 Å². The fourth-order valence-corrected chi connectivity index (χ4v) is 2.70. The lowest BCUT2D eigenvalue weighted by atomic mass is 10.2. The molecule has 0 heterocycles. The first-order valence-corrected chi connectivity index (χ1v) is 9.91. The van der Waals surface area contributed by atoms with Gasteiger partial charge in [-0.3, -0.25) is 4.79 Å². The summed E-state index contributed by atoms with van der Waals surface area (Å²) < 4.78 is 11.2. The minimum Gasteiger partial charge on any atom is -0.494 e. The van der Waals surface area contributed by atoms with Crippen molar-refractivity contribution >= 4 is 47.2 Å². The van der Waals surface area contributed by atoms with Crippen LogP contribution in [0.3, 0.4) is 0 Å². The van der Waals surface area contributed by atoms with E-state index in [4.69, 9.17) is 15.2 Å². The molecule has 8 heteroatoms. The lowest BCUT2D eigenvalue weighted by Crippen LogP contribution is -2.23. The summed E-state index contributed by atoms with van der Waals surface area (Å²) >= 11 is 0. The Kier molecular flexibility index (Phi) is 11.7. The molecule has 2 aromatic carbocycles. The number of rotatable bonds is 10. The number of carbonyl (C=O) groups excluding carboxylic acids is 1. The van der Waals surface area contributed by atoms with Crippen molar-refractivity contribution in [3.05, 3.63) is 48.0 Å². The number of anilines is 2. The molecule has 1 amide bonds. The van der Waals surface area contributed by atoms with Gasteiger partial charge in [0.25, 0.3) is 0 Å². The summed E-state index contributed by atoms with van der Waals surface area (Å²) in [6.07, 6.45) is 1.31. The third-order valence-corrected chi connectivity index (χ3v) is 3.94. The number of halogens is 1. The summed E-state index contributed by atoms with van der Waals surface area (Å²) in [6.45, 7) is 7.31. The van der Waals surface area contributed by atoms with Crippen molar-refractivity contribution < 1.29 is 14.3 Å². The molecule has 0 bridgehead atoms.